The first-order chi connectivity index (χ1) is 37.2. The molecule has 0 aliphatic rings. The summed E-state index contributed by atoms with van der Waals surface area (Å²) in [6.45, 7) is 0. The number of nitrogens with zero attached hydrogens (tertiary/aromatic N) is 3. The summed E-state index contributed by atoms with van der Waals surface area (Å²) < 4.78 is 7.40. The summed E-state index contributed by atoms with van der Waals surface area (Å²) in [4.78, 5) is 0. The van der Waals surface area contributed by atoms with Crippen LogP contribution in [0.2, 0.25) is 0 Å². The lowest BCUT2D eigenvalue weighted by Gasteiger charge is -2.14. The van der Waals surface area contributed by atoms with Gasteiger partial charge in [0.25, 0.3) is 0 Å². The molecule has 0 radical (unpaired) electrons. The van der Waals surface area contributed by atoms with E-state index in [1.807, 2.05) is 0 Å². The molecule has 0 atom stereocenters. The molecule has 0 saturated carbocycles. The first-order valence-electron chi connectivity index (χ1n) is 25.9. The second-order valence-electron chi connectivity index (χ2n) is 20.1. The van der Waals surface area contributed by atoms with E-state index >= 15 is 0 Å². The molecular formula is C72H45N3. The number of hydrogen-bond donors (Lipinski definition) is 0. The average Bonchev–Trinajstić information content (AvgIpc) is 4.34. The molecule has 0 aliphatic heterocycles. The van der Waals surface area contributed by atoms with Crippen LogP contribution in [0.1, 0.15) is 0 Å². The third-order valence-corrected chi connectivity index (χ3v) is 15.9. The summed E-state index contributed by atoms with van der Waals surface area (Å²) in [5.41, 5.74) is 22.8. The fraction of sp³-hybridized carbons (Fsp3) is 0. The van der Waals surface area contributed by atoms with Gasteiger partial charge in [0.15, 0.2) is 0 Å². The Hall–Kier alpha value is -9.96. The van der Waals surface area contributed by atoms with Gasteiger partial charge in [0.1, 0.15) is 0 Å². The van der Waals surface area contributed by atoms with E-state index in [0.29, 0.717) is 0 Å². The number of hydrogen-bond acceptors (Lipinski definition) is 0. The third-order valence-electron chi connectivity index (χ3n) is 15.9. The summed E-state index contributed by atoms with van der Waals surface area (Å²) in [6.07, 6.45) is 0. The van der Waals surface area contributed by atoms with Crippen LogP contribution in [0.15, 0.2) is 273 Å². The molecule has 3 heteroatoms. The Morgan fingerprint density at radius 1 is 0.173 bits per heavy atom. The molecule has 0 fully saturated rings. The van der Waals surface area contributed by atoms with Crippen molar-refractivity contribution in [3.8, 4) is 67.0 Å². The predicted molar refractivity (Wildman–Crippen MR) is 317 cm³/mol. The Labute approximate surface area is 433 Å². The molecule has 0 amide bonds. The summed E-state index contributed by atoms with van der Waals surface area (Å²) in [5.74, 6) is 0. The Kier molecular flexibility index (Phi) is 9.04. The van der Waals surface area contributed by atoms with E-state index in [4.69, 9.17) is 0 Å². The fourth-order valence-electron chi connectivity index (χ4n) is 12.5. The summed E-state index contributed by atoms with van der Waals surface area (Å²) in [5, 5.41) is 10.0. The predicted octanol–water partition coefficient (Wildman–Crippen LogP) is 19.4. The van der Waals surface area contributed by atoms with Crippen LogP contribution in [0, 0.1) is 0 Å². The van der Waals surface area contributed by atoms with Gasteiger partial charge in [-0.3, -0.25) is 0 Å². The zero-order valence-corrected chi connectivity index (χ0v) is 40.8. The Morgan fingerprint density at radius 2 is 0.520 bits per heavy atom. The van der Waals surface area contributed by atoms with Crippen molar-refractivity contribution in [1.82, 2.24) is 13.5 Å². The van der Waals surface area contributed by atoms with Crippen molar-refractivity contribution < 1.29 is 0 Å². The molecule has 3 nitrogen and oxygen atoms in total. The topological polar surface area (TPSA) is 14.3 Å². The molecule has 12 aromatic carbocycles. The molecule has 0 spiro atoms. The van der Waals surface area contributed by atoms with Crippen molar-refractivity contribution in [2.45, 2.75) is 0 Å². The molecule has 0 unspecified atom stereocenters. The molecular weight excluding hydrogens is 907 g/mol. The van der Waals surface area contributed by atoms with Gasteiger partial charge < -0.3 is 13.5 Å². The van der Waals surface area contributed by atoms with Crippen LogP contribution in [-0.4, -0.2) is 13.5 Å². The minimum absolute atomic E-state index is 1.13. The Morgan fingerprint density at radius 3 is 1.03 bits per heavy atom. The quantitative estimate of drug-likeness (QED) is 0.151. The minimum atomic E-state index is 1.13. The highest BCUT2D eigenvalue weighted by molar-refractivity contribution is 6.24. The number of para-hydroxylation sites is 3. The lowest BCUT2D eigenvalue weighted by molar-refractivity contribution is 1.18. The molecule has 348 valence electrons. The van der Waals surface area contributed by atoms with Gasteiger partial charge in [0, 0.05) is 54.5 Å². The van der Waals surface area contributed by atoms with Crippen LogP contribution in [0.5, 0.6) is 0 Å². The SMILES string of the molecule is c1ccc(-c2cc(-c3ccccc3)cc(-c3cccc(-n4c5ccccc5c5cc(-c6ccc7c(c6)c6cc(-c8ccccc8)ccc6n7-c6cc7c8ccccc8n8c9ccccc9c(c6)c78)ccc54)c3)c2)cc1. The summed E-state index contributed by atoms with van der Waals surface area (Å²) in [7, 11) is 0. The van der Waals surface area contributed by atoms with Crippen LogP contribution in [0.3, 0.4) is 0 Å². The zero-order chi connectivity index (χ0) is 49.1. The molecule has 0 bridgehead atoms. The van der Waals surface area contributed by atoms with Crippen molar-refractivity contribution in [2.24, 2.45) is 0 Å². The third kappa shape index (κ3) is 6.41. The average molecular weight is 952 g/mol. The van der Waals surface area contributed by atoms with Gasteiger partial charge in [0.2, 0.25) is 0 Å². The van der Waals surface area contributed by atoms with E-state index in [0.717, 1.165) is 11.4 Å². The van der Waals surface area contributed by atoms with Crippen molar-refractivity contribution >= 4 is 81.7 Å². The smallest absolute Gasteiger partial charge is 0.0622 e. The van der Waals surface area contributed by atoms with E-state index < -0.39 is 0 Å². The highest BCUT2D eigenvalue weighted by Gasteiger charge is 2.22. The van der Waals surface area contributed by atoms with Crippen LogP contribution >= 0.6 is 0 Å². The molecule has 0 aliphatic carbocycles. The van der Waals surface area contributed by atoms with E-state index in [-0.39, 0.29) is 0 Å². The molecule has 16 aromatic rings. The monoisotopic (exact) mass is 951 g/mol. The normalized spacial score (nSPS) is 12.0. The minimum Gasteiger partial charge on any atom is -0.309 e. The maximum absolute atomic E-state index is 2.50. The van der Waals surface area contributed by atoms with Crippen LogP contribution < -0.4 is 0 Å². The molecule has 16 rings (SSSR count). The largest absolute Gasteiger partial charge is 0.309 e. The number of benzene rings is 12. The highest BCUT2D eigenvalue weighted by atomic mass is 15.0. The van der Waals surface area contributed by atoms with Gasteiger partial charge in [-0.1, -0.05) is 176 Å². The van der Waals surface area contributed by atoms with Gasteiger partial charge >= 0.3 is 0 Å². The van der Waals surface area contributed by atoms with Gasteiger partial charge in [-0.15, -0.1) is 0 Å². The lowest BCUT2D eigenvalue weighted by Crippen LogP contribution is -1.95. The first-order valence-corrected chi connectivity index (χ1v) is 25.9. The summed E-state index contributed by atoms with van der Waals surface area (Å²) >= 11 is 0. The molecule has 75 heavy (non-hydrogen) atoms. The van der Waals surface area contributed by atoms with E-state index in [1.165, 1.54) is 137 Å². The number of fused-ring (bicyclic) bond motifs is 12. The van der Waals surface area contributed by atoms with Gasteiger partial charge in [-0.2, -0.15) is 0 Å². The van der Waals surface area contributed by atoms with Crippen LogP contribution in [0.4, 0.5) is 0 Å². The standard InChI is InChI=1S/C72H45N3/c1-4-17-46(18-5-1)50-31-34-70-62(41-50)63-43-52(33-36-71(63)74(70)57-44-64-59-26-11-14-29-67(59)75-68-30-15-12-27-60(68)65(45-57)72(64)75)51-32-35-69-61(42-51)58-25-10-13-28-66(58)73(69)56-24-16-23-49(40-56)55-38-53(47-19-6-2-7-20-47)37-54(39-55)48-21-8-3-9-22-48/h1-45H. The first kappa shape index (κ1) is 41.6. The maximum Gasteiger partial charge on any atom is 0.0622 e. The molecule has 4 heterocycles. The van der Waals surface area contributed by atoms with Crippen molar-refractivity contribution in [2.75, 3.05) is 0 Å². The van der Waals surface area contributed by atoms with Crippen LogP contribution in [0.25, 0.3) is 149 Å². The highest BCUT2D eigenvalue weighted by Crippen LogP contribution is 2.44. The van der Waals surface area contributed by atoms with E-state index in [2.05, 4.69) is 287 Å². The van der Waals surface area contributed by atoms with E-state index in [9.17, 15) is 0 Å². The molecule has 0 saturated heterocycles. The van der Waals surface area contributed by atoms with Crippen LogP contribution in [-0.2, 0) is 0 Å². The molecule has 0 N–H and O–H groups in total. The zero-order valence-electron chi connectivity index (χ0n) is 40.8. The van der Waals surface area contributed by atoms with Crippen molar-refractivity contribution in [1.29, 1.82) is 0 Å². The van der Waals surface area contributed by atoms with Gasteiger partial charge in [-0.05, 0) is 153 Å². The maximum atomic E-state index is 2.50. The van der Waals surface area contributed by atoms with Crippen molar-refractivity contribution in [3.05, 3.63) is 273 Å². The molecule has 4 aromatic heterocycles. The summed E-state index contributed by atoms with van der Waals surface area (Å²) in [6, 6.07) is 101. The second-order valence-corrected chi connectivity index (χ2v) is 20.1. The second kappa shape index (κ2) is 16.3. The van der Waals surface area contributed by atoms with Gasteiger partial charge in [-0.25, -0.2) is 0 Å². The lowest BCUT2D eigenvalue weighted by atomic mass is 9.93. The Balaban J connectivity index is 0.862. The van der Waals surface area contributed by atoms with E-state index in [1.54, 1.807) is 0 Å². The van der Waals surface area contributed by atoms with Gasteiger partial charge in [0.05, 0.1) is 38.6 Å². The number of rotatable bonds is 7. The number of aromatic nitrogens is 3. The fourth-order valence-corrected chi connectivity index (χ4v) is 12.5. The van der Waals surface area contributed by atoms with Crippen molar-refractivity contribution in [3.63, 3.8) is 0 Å². The Bertz CT molecular complexity index is 4780.